The first-order chi connectivity index (χ1) is 14.8. The van der Waals surface area contributed by atoms with Gasteiger partial charge in [-0.3, -0.25) is 0 Å². The average molecular weight is 383 g/mol. The van der Waals surface area contributed by atoms with Crippen LogP contribution in [0.15, 0.2) is 109 Å². The van der Waals surface area contributed by atoms with Crippen LogP contribution in [0.4, 0.5) is 0 Å². The van der Waals surface area contributed by atoms with Crippen LogP contribution in [-0.4, -0.2) is 0 Å². The normalized spacial score (nSPS) is 10.8. The molecule has 142 valence electrons. The molecule has 0 N–H and O–H groups in total. The van der Waals surface area contributed by atoms with Gasteiger partial charge in [-0.1, -0.05) is 121 Å². The minimum absolute atomic E-state index is 1.01. The van der Waals surface area contributed by atoms with E-state index in [1.54, 1.807) is 0 Å². The molecule has 0 amide bonds. The Kier molecular flexibility index (Phi) is 6.36. The number of hydrogen-bond acceptors (Lipinski definition) is 0. The van der Waals surface area contributed by atoms with E-state index in [-0.39, 0.29) is 0 Å². The average Bonchev–Trinajstić information content (AvgIpc) is 2.83. The van der Waals surface area contributed by atoms with Gasteiger partial charge in [0.05, 0.1) is 0 Å². The summed E-state index contributed by atoms with van der Waals surface area (Å²) in [5.74, 6) is 6.49. The van der Waals surface area contributed by atoms with Gasteiger partial charge in [-0.2, -0.15) is 0 Å². The lowest BCUT2D eigenvalue weighted by molar-refractivity contribution is 1.59. The van der Waals surface area contributed by atoms with Gasteiger partial charge in [-0.05, 0) is 46.5 Å². The van der Waals surface area contributed by atoms with Crippen LogP contribution in [0.1, 0.15) is 33.4 Å². The highest BCUT2D eigenvalue weighted by molar-refractivity contribution is 5.70. The van der Waals surface area contributed by atoms with Crippen molar-refractivity contribution in [3.05, 3.63) is 143 Å². The number of hydrogen-bond donors (Lipinski definition) is 0. The van der Waals surface area contributed by atoms with Gasteiger partial charge in [0.15, 0.2) is 0 Å². The Morgan fingerprint density at radius 1 is 0.333 bits per heavy atom. The standard InChI is InChI=1S/C30H22/c1-3-7-25(8-4-1)11-13-27-15-19-29(20-16-27)23-24-30-21-17-28(18-22-30)14-12-26-9-5-2-6-10-26/h1-22H/b13-11+,14-12+. The Balaban J connectivity index is 1.38. The molecule has 0 heterocycles. The molecule has 0 aliphatic rings. The van der Waals surface area contributed by atoms with Gasteiger partial charge in [0, 0.05) is 11.1 Å². The second-order valence-corrected chi connectivity index (χ2v) is 6.98. The fraction of sp³-hybridized carbons (Fsp3) is 0. The highest BCUT2D eigenvalue weighted by Gasteiger charge is 1.92. The fourth-order valence-corrected chi connectivity index (χ4v) is 3.01. The van der Waals surface area contributed by atoms with E-state index in [0.717, 1.165) is 11.1 Å². The molecule has 4 rings (SSSR count). The van der Waals surface area contributed by atoms with E-state index in [9.17, 15) is 0 Å². The predicted molar refractivity (Wildman–Crippen MR) is 130 cm³/mol. The molecule has 0 atom stereocenters. The summed E-state index contributed by atoms with van der Waals surface area (Å²) in [6.07, 6.45) is 8.48. The predicted octanol–water partition coefficient (Wildman–Crippen LogP) is 7.43. The summed E-state index contributed by atoms with van der Waals surface area (Å²) >= 11 is 0. The first-order valence-corrected chi connectivity index (χ1v) is 10.0. The second-order valence-electron chi connectivity index (χ2n) is 6.98. The lowest BCUT2D eigenvalue weighted by atomic mass is 10.1. The zero-order chi connectivity index (χ0) is 20.4. The van der Waals surface area contributed by atoms with Gasteiger partial charge in [-0.15, -0.1) is 0 Å². The zero-order valence-corrected chi connectivity index (χ0v) is 16.7. The zero-order valence-electron chi connectivity index (χ0n) is 16.7. The lowest BCUT2D eigenvalue weighted by Crippen LogP contribution is -1.79. The van der Waals surface area contributed by atoms with E-state index < -0.39 is 0 Å². The Morgan fingerprint density at radius 2 is 0.633 bits per heavy atom. The van der Waals surface area contributed by atoms with Crippen molar-refractivity contribution in [2.24, 2.45) is 0 Å². The summed E-state index contributed by atoms with van der Waals surface area (Å²) in [6, 6.07) is 37.3. The van der Waals surface area contributed by atoms with Crippen molar-refractivity contribution >= 4 is 24.3 Å². The Labute approximate surface area is 178 Å². The minimum Gasteiger partial charge on any atom is -0.0622 e. The van der Waals surface area contributed by atoms with E-state index in [1.807, 2.05) is 36.4 Å². The topological polar surface area (TPSA) is 0 Å². The SMILES string of the molecule is C(#Cc1ccc(/C=C/c2ccccc2)cc1)c1ccc(/C=C/c2ccccc2)cc1. The van der Waals surface area contributed by atoms with E-state index in [2.05, 4.69) is 109 Å². The van der Waals surface area contributed by atoms with Crippen molar-refractivity contribution in [3.8, 4) is 11.8 Å². The maximum atomic E-state index is 3.25. The summed E-state index contributed by atoms with van der Waals surface area (Å²) in [5.41, 5.74) is 6.75. The van der Waals surface area contributed by atoms with Gasteiger partial charge in [0.1, 0.15) is 0 Å². The number of benzene rings is 4. The molecular weight excluding hydrogens is 360 g/mol. The Hall–Kier alpha value is -4.08. The molecule has 0 bridgehead atoms. The maximum Gasteiger partial charge on any atom is 0.0249 e. The molecule has 0 saturated heterocycles. The molecule has 0 radical (unpaired) electrons. The van der Waals surface area contributed by atoms with Crippen molar-refractivity contribution in [3.63, 3.8) is 0 Å². The van der Waals surface area contributed by atoms with Crippen molar-refractivity contribution in [1.82, 2.24) is 0 Å². The molecule has 0 nitrogen and oxygen atoms in total. The first kappa shape index (κ1) is 19.2. The molecule has 0 fully saturated rings. The summed E-state index contributed by atoms with van der Waals surface area (Å²) in [7, 11) is 0. The van der Waals surface area contributed by atoms with E-state index in [4.69, 9.17) is 0 Å². The molecule has 4 aromatic rings. The third-order valence-electron chi connectivity index (χ3n) is 4.71. The smallest absolute Gasteiger partial charge is 0.0249 e. The molecule has 0 saturated carbocycles. The third-order valence-corrected chi connectivity index (χ3v) is 4.71. The minimum atomic E-state index is 1.01. The highest BCUT2D eigenvalue weighted by Crippen LogP contribution is 2.11. The summed E-state index contributed by atoms with van der Waals surface area (Å²) in [5, 5.41) is 0. The third kappa shape index (κ3) is 5.71. The lowest BCUT2D eigenvalue weighted by Gasteiger charge is -1.96. The Bertz CT molecular complexity index is 1090. The van der Waals surface area contributed by atoms with Crippen LogP contribution in [0.2, 0.25) is 0 Å². The molecule has 0 aliphatic carbocycles. The summed E-state index contributed by atoms with van der Waals surface area (Å²) < 4.78 is 0. The van der Waals surface area contributed by atoms with E-state index >= 15 is 0 Å². The van der Waals surface area contributed by atoms with Crippen molar-refractivity contribution in [2.75, 3.05) is 0 Å². The van der Waals surface area contributed by atoms with Crippen LogP contribution in [0, 0.1) is 11.8 Å². The van der Waals surface area contributed by atoms with Crippen LogP contribution in [0.3, 0.4) is 0 Å². The van der Waals surface area contributed by atoms with Crippen LogP contribution < -0.4 is 0 Å². The van der Waals surface area contributed by atoms with Crippen LogP contribution >= 0.6 is 0 Å². The fourth-order valence-electron chi connectivity index (χ4n) is 3.01. The van der Waals surface area contributed by atoms with Crippen LogP contribution in [0.5, 0.6) is 0 Å². The molecule has 0 heteroatoms. The van der Waals surface area contributed by atoms with Crippen molar-refractivity contribution in [1.29, 1.82) is 0 Å². The van der Waals surface area contributed by atoms with Crippen molar-refractivity contribution in [2.45, 2.75) is 0 Å². The quantitative estimate of drug-likeness (QED) is 0.254. The Morgan fingerprint density at radius 3 is 0.967 bits per heavy atom. The van der Waals surface area contributed by atoms with Gasteiger partial charge in [-0.25, -0.2) is 0 Å². The van der Waals surface area contributed by atoms with E-state index in [1.165, 1.54) is 22.3 Å². The monoisotopic (exact) mass is 382 g/mol. The van der Waals surface area contributed by atoms with Gasteiger partial charge >= 0.3 is 0 Å². The molecule has 0 aliphatic heterocycles. The highest BCUT2D eigenvalue weighted by atomic mass is 14.0. The van der Waals surface area contributed by atoms with Gasteiger partial charge in [0.2, 0.25) is 0 Å². The van der Waals surface area contributed by atoms with Crippen LogP contribution in [0.25, 0.3) is 24.3 Å². The maximum absolute atomic E-state index is 3.25. The summed E-state index contributed by atoms with van der Waals surface area (Å²) in [6.45, 7) is 0. The molecule has 0 spiro atoms. The van der Waals surface area contributed by atoms with E-state index in [0.29, 0.717) is 0 Å². The summed E-state index contributed by atoms with van der Waals surface area (Å²) in [4.78, 5) is 0. The molecule has 30 heavy (non-hydrogen) atoms. The van der Waals surface area contributed by atoms with Gasteiger partial charge in [0.25, 0.3) is 0 Å². The molecular formula is C30H22. The van der Waals surface area contributed by atoms with Gasteiger partial charge < -0.3 is 0 Å². The molecule has 0 unspecified atom stereocenters. The van der Waals surface area contributed by atoms with Crippen LogP contribution in [-0.2, 0) is 0 Å². The largest absolute Gasteiger partial charge is 0.0622 e. The first-order valence-electron chi connectivity index (χ1n) is 10.0. The molecule has 0 aromatic heterocycles. The number of rotatable bonds is 4. The molecule has 4 aromatic carbocycles. The second kappa shape index (κ2) is 9.92. The van der Waals surface area contributed by atoms with Crippen molar-refractivity contribution < 1.29 is 0 Å².